The van der Waals surface area contributed by atoms with Crippen molar-refractivity contribution in [2.24, 2.45) is 7.05 Å². The zero-order valence-electron chi connectivity index (χ0n) is 14.8. The Bertz CT molecular complexity index is 788. The summed E-state index contributed by atoms with van der Waals surface area (Å²) < 4.78 is 6.97. The highest BCUT2D eigenvalue weighted by atomic mass is 16.6. The van der Waals surface area contributed by atoms with E-state index in [1.165, 1.54) is 0 Å². The van der Waals surface area contributed by atoms with Gasteiger partial charge in [-0.05, 0) is 40.7 Å². The summed E-state index contributed by atoms with van der Waals surface area (Å²) in [7, 11) is 1.83. The van der Waals surface area contributed by atoms with Gasteiger partial charge in [0.25, 0.3) is 0 Å². The Morgan fingerprint density at radius 1 is 1.33 bits per heavy atom. The molecule has 1 N–H and O–H groups in total. The van der Waals surface area contributed by atoms with Gasteiger partial charge < -0.3 is 4.74 Å². The summed E-state index contributed by atoms with van der Waals surface area (Å²) in [5.74, 6) is 0. The Kier molecular flexibility index (Phi) is 4.73. The number of carbonyl (C=O) groups is 2. The molecule has 2 heterocycles. The minimum Gasteiger partial charge on any atom is -0.444 e. The van der Waals surface area contributed by atoms with E-state index in [0.29, 0.717) is 23.2 Å². The predicted octanol–water partition coefficient (Wildman–Crippen LogP) is 3.26. The minimum atomic E-state index is -0.627. The lowest BCUT2D eigenvalue weighted by atomic mass is 10.0. The summed E-state index contributed by atoms with van der Waals surface area (Å²) in [5, 5.41) is 6.96. The summed E-state index contributed by atoms with van der Waals surface area (Å²) in [6.45, 7) is 9.07. The average Bonchev–Trinajstić information content (AvgIpc) is 2.69. The number of hydrogen-bond acceptors (Lipinski definition) is 5. The number of anilines is 1. The Hall–Kier alpha value is -2.70. The Labute approximate surface area is 141 Å². The molecule has 0 fully saturated rings. The first kappa shape index (κ1) is 17.7. The third-order valence-corrected chi connectivity index (χ3v) is 3.49. The van der Waals surface area contributed by atoms with Crippen LogP contribution in [0.2, 0.25) is 0 Å². The molecule has 2 aromatic heterocycles. The van der Waals surface area contributed by atoms with Gasteiger partial charge in [0.15, 0.2) is 6.29 Å². The SMILES string of the molecule is Cc1nn(C)c(C)c1-c1nccc(NC(=O)OC(C)(C)C)c1C=O. The molecule has 0 aliphatic carbocycles. The van der Waals surface area contributed by atoms with E-state index in [2.05, 4.69) is 15.4 Å². The third kappa shape index (κ3) is 3.61. The summed E-state index contributed by atoms with van der Waals surface area (Å²) in [4.78, 5) is 28.0. The molecule has 0 bridgehead atoms. The van der Waals surface area contributed by atoms with E-state index >= 15 is 0 Å². The fraction of sp³-hybridized carbons (Fsp3) is 0.412. The fourth-order valence-corrected chi connectivity index (χ4v) is 2.43. The van der Waals surface area contributed by atoms with Crippen molar-refractivity contribution in [2.45, 2.75) is 40.2 Å². The quantitative estimate of drug-likeness (QED) is 0.873. The van der Waals surface area contributed by atoms with Crippen molar-refractivity contribution in [1.82, 2.24) is 14.8 Å². The number of hydrogen-bond donors (Lipinski definition) is 1. The van der Waals surface area contributed by atoms with Crippen LogP contribution in [-0.2, 0) is 11.8 Å². The molecule has 0 saturated heterocycles. The van der Waals surface area contributed by atoms with Crippen LogP contribution in [0.3, 0.4) is 0 Å². The number of pyridine rings is 1. The van der Waals surface area contributed by atoms with Gasteiger partial charge in [-0.25, -0.2) is 4.79 Å². The van der Waals surface area contributed by atoms with Gasteiger partial charge in [0, 0.05) is 24.5 Å². The maximum Gasteiger partial charge on any atom is 0.412 e. The molecular weight excluding hydrogens is 308 g/mol. The second-order valence-corrected chi connectivity index (χ2v) is 6.53. The molecule has 0 atom stereocenters. The molecule has 24 heavy (non-hydrogen) atoms. The second-order valence-electron chi connectivity index (χ2n) is 6.53. The van der Waals surface area contributed by atoms with Crippen LogP contribution in [0.15, 0.2) is 12.3 Å². The molecule has 128 valence electrons. The molecule has 0 spiro atoms. The summed E-state index contributed by atoms with van der Waals surface area (Å²) in [6, 6.07) is 1.57. The van der Waals surface area contributed by atoms with Gasteiger partial charge in [-0.15, -0.1) is 0 Å². The number of rotatable bonds is 3. The van der Waals surface area contributed by atoms with E-state index in [1.807, 2.05) is 20.9 Å². The van der Waals surface area contributed by atoms with E-state index in [-0.39, 0.29) is 0 Å². The number of carbonyl (C=O) groups excluding carboxylic acids is 2. The van der Waals surface area contributed by atoms with Crippen LogP contribution < -0.4 is 5.32 Å². The topological polar surface area (TPSA) is 86.1 Å². The number of aromatic nitrogens is 3. The van der Waals surface area contributed by atoms with Crippen LogP contribution in [0.4, 0.5) is 10.5 Å². The van der Waals surface area contributed by atoms with Gasteiger partial charge in [-0.2, -0.15) is 5.10 Å². The normalized spacial score (nSPS) is 11.2. The van der Waals surface area contributed by atoms with Crippen molar-refractivity contribution < 1.29 is 14.3 Å². The van der Waals surface area contributed by atoms with E-state index < -0.39 is 11.7 Å². The second kappa shape index (κ2) is 6.43. The molecule has 2 aromatic rings. The number of nitrogens with one attached hydrogen (secondary N) is 1. The molecule has 0 saturated carbocycles. The maximum atomic E-state index is 12.0. The number of nitrogens with zero attached hydrogens (tertiary/aromatic N) is 3. The smallest absolute Gasteiger partial charge is 0.412 e. The number of aldehydes is 1. The van der Waals surface area contributed by atoms with E-state index in [9.17, 15) is 9.59 Å². The minimum absolute atomic E-state index is 0.294. The highest BCUT2D eigenvalue weighted by molar-refractivity contribution is 5.98. The van der Waals surface area contributed by atoms with Crippen molar-refractivity contribution in [2.75, 3.05) is 5.32 Å². The molecule has 0 aromatic carbocycles. The first-order valence-corrected chi connectivity index (χ1v) is 7.58. The fourth-order valence-electron chi connectivity index (χ4n) is 2.43. The van der Waals surface area contributed by atoms with Crippen molar-refractivity contribution in [1.29, 1.82) is 0 Å². The largest absolute Gasteiger partial charge is 0.444 e. The zero-order valence-corrected chi connectivity index (χ0v) is 14.8. The molecule has 7 heteroatoms. The number of aryl methyl sites for hydroxylation is 2. The first-order chi connectivity index (χ1) is 11.1. The summed E-state index contributed by atoms with van der Waals surface area (Å²) >= 11 is 0. The van der Waals surface area contributed by atoms with Crippen molar-refractivity contribution in [3.05, 3.63) is 29.2 Å². The Morgan fingerprint density at radius 3 is 2.50 bits per heavy atom. The van der Waals surface area contributed by atoms with Gasteiger partial charge in [0.05, 0.1) is 22.6 Å². The van der Waals surface area contributed by atoms with Crippen LogP contribution in [0.25, 0.3) is 11.3 Å². The maximum absolute atomic E-state index is 12.0. The number of ether oxygens (including phenoxy) is 1. The van der Waals surface area contributed by atoms with Crippen LogP contribution >= 0.6 is 0 Å². The van der Waals surface area contributed by atoms with Gasteiger partial charge in [-0.1, -0.05) is 0 Å². The standard InChI is InChI=1S/C17H22N4O3/c1-10-14(11(2)21(6)20-10)15-12(9-22)13(7-8-18-15)19-16(23)24-17(3,4)5/h7-9H,1-6H3,(H,18,19,23). The van der Waals surface area contributed by atoms with Gasteiger partial charge in [0.2, 0.25) is 0 Å². The van der Waals surface area contributed by atoms with Gasteiger partial charge in [-0.3, -0.25) is 19.8 Å². The molecule has 0 radical (unpaired) electrons. The van der Waals surface area contributed by atoms with E-state index in [1.54, 1.807) is 37.7 Å². The molecule has 0 unspecified atom stereocenters. The highest BCUT2D eigenvalue weighted by Gasteiger charge is 2.21. The lowest BCUT2D eigenvalue weighted by Gasteiger charge is -2.20. The van der Waals surface area contributed by atoms with Gasteiger partial charge in [0.1, 0.15) is 5.60 Å². The lowest BCUT2D eigenvalue weighted by molar-refractivity contribution is 0.0636. The van der Waals surface area contributed by atoms with Crippen LogP contribution in [0.5, 0.6) is 0 Å². The van der Waals surface area contributed by atoms with E-state index in [0.717, 1.165) is 17.0 Å². The molecule has 2 rings (SSSR count). The Morgan fingerprint density at radius 2 is 2.00 bits per heavy atom. The predicted molar refractivity (Wildman–Crippen MR) is 91.2 cm³/mol. The molecule has 0 aliphatic heterocycles. The van der Waals surface area contributed by atoms with Crippen LogP contribution in [0.1, 0.15) is 42.5 Å². The van der Waals surface area contributed by atoms with Crippen LogP contribution in [0, 0.1) is 13.8 Å². The van der Waals surface area contributed by atoms with Crippen molar-refractivity contribution >= 4 is 18.1 Å². The van der Waals surface area contributed by atoms with Crippen molar-refractivity contribution in [3.63, 3.8) is 0 Å². The molecular formula is C17H22N4O3. The zero-order chi connectivity index (χ0) is 18.1. The van der Waals surface area contributed by atoms with E-state index in [4.69, 9.17) is 4.74 Å². The Balaban J connectivity index is 2.46. The van der Waals surface area contributed by atoms with Gasteiger partial charge >= 0.3 is 6.09 Å². The van der Waals surface area contributed by atoms with Crippen LogP contribution in [-0.4, -0.2) is 32.7 Å². The molecule has 1 amide bonds. The summed E-state index contributed by atoms with van der Waals surface area (Å²) in [5.41, 5.74) is 2.94. The third-order valence-electron chi connectivity index (χ3n) is 3.49. The lowest BCUT2D eigenvalue weighted by Crippen LogP contribution is -2.27. The number of amides is 1. The van der Waals surface area contributed by atoms with Crippen molar-refractivity contribution in [3.8, 4) is 11.3 Å². The summed E-state index contributed by atoms with van der Waals surface area (Å²) in [6.07, 6.45) is 1.60. The average molecular weight is 330 g/mol. The molecule has 7 nitrogen and oxygen atoms in total. The first-order valence-electron chi connectivity index (χ1n) is 7.58. The monoisotopic (exact) mass is 330 g/mol. The molecule has 0 aliphatic rings. The highest BCUT2D eigenvalue weighted by Crippen LogP contribution is 2.30.